The molecule has 1 aromatic carbocycles. The summed E-state index contributed by atoms with van der Waals surface area (Å²) in [7, 11) is 0. The van der Waals surface area contributed by atoms with E-state index in [1.807, 2.05) is 0 Å². The topological polar surface area (TPSA) is 40.5 Å². The van der Waals surface area contributed by atoms with Gasteiger partial charge >= 0.3 is 5.97 Å². The molecule has 1 atom stereocenters. The quantitative estimate of drug-likeness (QED) is 0.875. The standard InChI is InChI=1S/C13H17NO2S/c1-9-5-10(2)7-11(6-9)14-3-4-17-12(8-14)13(15)16/h5-7,12H,3-4,8H2,1-2H3,(H,15,16). The Kier molecular flexibility index (Phi) is 3.62. The minimum atomic E-state index is -0.705. The van der Waals surface area contributed by atoms with Gasteiger partial charge in [-0.25, -0.2) is 0 Å². The van der Waals surface area contributed by atoms with Crippen molar-refractivity contribution >= 4 is 23.4 Å². The Labute approximate surface area is 106 Å². The number of aliphatic carboxylic acids is 1. The molecular weight excluding hydrogens is 234 g/mol. The van der Waals surface area contributed by atoms with Gasteiger partial charge in [-0.1, -0.05) is 6.07 Å². The summed E-state index contributed by atoms with van der Waals surface area (Å²) in [5.41, 5.74) is 3.60. The van der Waals surface area contributed by atoms with Crippen LogP contribution in [0.3, 0.4) is 0 Å². The first-order valence-corrected chi connectivity index (χ1v) is 6.79. The molecule has 1 saturated heterocycles. The smallest absolute Gasteiger partial charge is 0.318 e. The number of hydrogen-bond donors (Lipinski definition) is 1. The van der Waals surface area contributed by atoms with Gasteiger partial charge in [0.25, 0.3) is 0 Å². The molecule has 1 fully saturated rings. The summed E-state index contributed by atoms with van der Waals surface area (Å²) in [4.78, 5) is 13.2. The maximum absolute atomic E-state index is 11.0. The van der Waals surface area contributed by atoms with Crippen LogP contribution < -0.4 is 4.90 Å². The van der Waals surface area contributed by atoms with E-state index in [-0.39, 0.29) is 5.25 Å². The Morgan fingerprint density at radius 3 is 2.59 bits per heavy atom. The van der Waals surface area contributed by atoms with Crippen LogP contribution in [0.25, 0.3) is 0 Å². The van der Waals surface area contributed by atoms with E-state index in [1.165, 1.54) is 22.9 Å². The van der Waals surface area contributed by atoms with Gasteiger partial charge in [0.2, 0.25) is 0 Å². The molecule has 1 aliphatic heterocycles. The molecule has 1 N–H and O–H groups in total. The maximum atomic E-state index is 11.0. The van der Waals surface area contributed by atoms with E-state index in [4.69, 9.17) is 5.11 Å². The third-order valence-corrected chi connectivity index (χ3v) is 4.08. The highest BCUT2D eigenvalue weighted by Crippen LogP contribution is 2.25. The second-order valence-corrected chi connectivity index (χ2v) is 5.80. The molecule has 1 unspecified atom stereocenters. The lowest BCUT2D eigenvalue weighted by molar-refractivity contribution is -0.136. The van der Waals surface area contributed by atoms with E-state index < -0.39 is 5.97 Å². The zero-order chi connectivity index (χ0) is 12.4. The van der Waals surface area contributed by atoms with E-state index in [2.05, 4.69) is 36.9 Å². The highest BCUT2D eigenvalue weighted by Gasteiger charge is 2.26. The Morgan fingerprint density at radius 2 is 2.00 bits per heavy atom. The third-order valence-electron chi connectivity index (χ3n) is 2.91. The highest BCUT2D eigenvalue weighted by atomic mass is 32.2. The van der Waals surface area contributed by atoms with Crippen molar-refractivity contribution in [3.05, 3.63) is 29.3 Å². The summed E-state index contributed by atoms with van der Waals surface area (Å²) in [6.45, 7) is 5.67. The van der Waals surface area contributed by atoms with Gasteiger partial charge < -0.3 is 10.0 Å². The van der Waals surface area contributed by atoms with Gasteiger partial charge in [0.05, 0.1) is 0 Å². The Balaban J connectivity index is 2.18. The zero-order valence-electron chi connectivity index (χ0n) is 10.1. The van der Waals surface area contributed by atoms with Crippen LogP contribution in [-0.2, 0) is 4.79 Å². The normalized spacial score (nSPS) is 20.4. The van der Waals surface area contributed by atoms with Gasteiger partial charge in [0.15, 0.2) is 0 Å². The molecule has 17 heavy (non-hydrogen) atoms. The van der Waals surface area contributed by atoms with Crippen molar-refractivity contribution in [3.8, 4) is 0 Å². The van der Waals surface area contributed by atoms with E-state index >= 15 is 0 Å². The van der Waals surface area contributed by atoms with Gasteiger partial charge in [-0.2, -0.15) is 0 Å². The first kappa shape index (κ1) is 12.3. The number of rotatable bonds is 2. The van der Waals surface area contributed by atoms with Crippen LogP contribution >= 0.6 is 11.8 Å². The van der Waals surface area contributed by atoms with Crippen LogP contribution in [0, 0.1) is 13.8 Å². The molecule has 0 saturated carbocycles. The minimum Gasteiger partial charge on any atom is -0.480 e. The summed E-state index contributed by atoms with van der Waals surface area (Å²) in [5.74, 6) is 0.174. The van der Waals surface area contributed by atoms with Crippen LogP contribution in [0.2, 0.25) is 0 Å². The van der Waals surface area contributed by atoms with E-state index in [9.17, 15) is 4.79 Å². The summed E-state index contributed by atoms with van der Waals surface area (Å²) in [5, 5.41) is 8.76. The van der Waals surface area contributed by atoms with E-state index in [0.29, 0.717) is 6.54 Å². The molecular formula is C13H17NO2S. The second-order valence-electron chi connectivity index (χ2n) is 4.49. The van der Waals surface area contributed by atoms with Crippen LogP contribution in [0.4, 0.5) is 5.69 Å². The predicted octanol–water partition coefficient (Wildman–Crippen LogP) is 2.31. The molecule has 1 aliphatic rings. The summed E-state index contributed by atoms with van der Waals surface area (Å²) < 4.78 is 0. The number of thioether (sulfide) groups is 1. The summed E-state index contributed by atoms with van der Waals surface area (Å²) in [6, 6.07) is 6.39. The van der Waals surface area contributed by atoms with Crippen molar-refractivity contribution in [2.24, 2.45) is 0 Å². The van der Waals surface area contributed by atoms with Crippen LogP contribution in [0.15, 0.2) is 18.2 Å². The van der Waals surface area contributed by atoms with Gasteiger partial charge in [-0.15, -0.1) is 11.8 Å². The number of carbonyl (C=O) groups is 1. The van der Waals surface area contributed by atoms with Gasteiger partial charge in [0.1, 0.15) is 5.25 Å². The number of aryl methyl sites for hydroxylation is 2. The fourth-order valence-corrected chi connectivity index (χ4v) is 3.20. The van der Waals surface area contributed by atoms with Gasteiger partial charge in [-0.05, 0) is 37.1 Å². The monoisotopic (exact) mass is 251 g/mol. The zero-order valence-corrected chi connectivity index (χ0v) is 11.0. The van der Waals surface area contributed by atoms with Crippen molar-refractivity contribution in [2.75, 3.05) is 23.7 Å². The summed E-state index contributed by atoms with van der Waals surface area (Å²) >= 11 is 1.54. The Hall–Kier alpha value is -1.16. The molecule has 0 spiro atoms. The van der Waals surface area contributed by atoms with Crippen molar-refractivity contribution in [1.82, 2.24) is 0 Å². The lowest BCUT2D eigenvalue weighted by Crippen LogP contribution is -2.41. The van der Waals surface area contributed by atoms with Crippen LogP contribution in [0.5, 0.6) is 0 Å². The first-order valence-electron chi connectivity index (χ1n) is 5.74. The van der Waals surface area contributed by atoms with Crippen molar-refractivity contribution in [1.29, 1.82) is 0 Å². The molecule has 0 amide bonds. The van der Waals surface area contributed by atoms with Gasteiger partial charge in [-0.3, -0.25) is 4.79 Å². The average molecular weight is 251 g/mol. The predicted molar refractivity (Wildman–Crippen MR) is 72.0 cm³/mol. The number of hydrogen-bond acceptors (Lipinski definition) is 3. The Morgan fingerprint density at radius 1 is 1.35 bits per heavy atom. The lowest BCUT2D eigenvalue weighted by Gasteiger charge is -2.32. The fourth-order valence-electron chi connectivity index (χ4n) is 2.17. The molecule has 3 nitrogen and oxygen atoms in total. The molecule has 0 aliphatic carbocycles. The minimum absolute atomic E-state index is 0.301. The molecule has 4 heteroatoms. The molecule has 92 valence electrons. The second kappa shape index (κ2) is 5.00. The number of carboxylic acids is 1. The van der Waals surface area contributed by atoms with Crippen molar-refractivity contribution < 1.29 is 9.90 Å². The first-order chi connectivity index (χ1) is 8.06. The molecule has 0 bridgehead atoms. The molecule has 0 aromatic heterocycles. The third kappa shape index (κ3) is 2.94. The van der Waals surface area contributed by atoms with Gasteiger partial charge in [0, 0.05) is 24.5 Å². The molecule has 2 rings (SSSR count). The molecule has 0 radical (unpaired) electrons. The largest absolute Gasteiger partial charge is 0.480 e. The van der Waals surface area contributed by atoms with Crippen LogP contribution in [-0.4, -0.2) is 35.2 Å². The van der Waals surface area contributed by atoms with Crippen LogP contribution in [0.1, 0.15) is 11.1 Å². The SMILES string of the molecule is Cc1cc(C)cc(N2CCSC(C(=O)O)C2)c1. The highest BCUT2D eigenvalue weighted by molar-refractivity contribution is 8.00. The maximum Gasteiger partial charge on any atom is 0.318 e. The number of benzene rings is 1. The number of nitrogens with zero attached hydrogens (tertiary/aromatic N) is 1. The lowest BCUT2D eigenvalue weighted by atomic mass is 10.1. The van der Waals surface area contributed by atoms with Crippen molar-refractivity contribution in [3.63, 3.8) is 0 Å². The average Bonchev–Trinajstić information content (AvgIpc) is 2.28. The molecule has 1 aromatic rings. The number of anilines is 1. The van der Waals surface area contributed by atoms with E-state index in [1.54, 1.807) is 0 Å². The van der Waals surface area contributed by atoms with Crippen molar-refractivity contribution in [2.45, 2.75) is 19.1 Å². The number of carboxylic acid groups (broad SMARTS) is 1. The fraction of sp³-hybridized carbons (Fsp3) is 0.462. The van der Waals surface area contributed by atoms with E-state index in [0.717, 1.165) is 18.0 Å². The summed E-state index contributed by atoms with van der Waals surface area (Å²) in [6.07, 6.45) is 0. The molecule has 1 heterocycles. The Bertz CT molecular complexity index is 413.